The Morgan fingerprint density at radius 1 is 1.46 bits per heavy atom. The average molecular weight is 245 g/mol. The van der Waals surface area contributed by atoms with Gasteiger partial charge in [-0.3, -0.25) is 5.01 Å². The maximum atomic E-state index is 5.83. The van der Waals surface area contributed by atoms with Crippen molar-refractivity contribution in [3.8, 4) is 0 Å². The van der Waals surface area contributed by atoms with E-state index in [1.165, 1.54) is 0 Å². The van der Waals surface area contributed by atoms with Crippen LogP contribution in [0, 0.1) is 0 Å². The molecule has 1 atom stereocenters. The van der Waals surface area contributed by atoms with E-state index in [0.29, 0.717) is 0 Å². The SMILES string of the molecule is CCCN1N=CN(C)C1C(Cl)(Cl)Cl. The summed E-state index contributed by atoms with van der Waals surface area (Å²) in [6.07, 6.45) is 2.35. The fraction of sp³-hybridized carbons (Fsp3) is 0.857. The second kappa shape index (κ2) is 4.11. The van der Waals surface area contributed by atoms with Crippen molar-refractivity contribution in [1.29, 1.82) is 0 Å². The molecular formula is C7H12Cl3N3. The lowest BCUT2D eigenvalue weighted by Gasteiger charge is -2.32. The summed E-state index contributed by atoms with van der Waals surface area (Å²) in [6, 6.07) is 0. The van der Waals surface area contributed by atoms with Crippen LogP contribution >= 0.6 is 34.8 Å². The molecule has 0 spiro atoms. The van der Waals surface area contributed by atoms with Crippen LogP contribution in [0.2, 0.25) is 0 Å². The van der Waals surface area contributed by atoms with E-state index in [9.17, 15) is 0 Å². The molecule has 1 heterocycles. The zero-order valence-corrected chi connectivity index (χ0v) is 9.81. The molecule has 76 valence electrons. The van der Waals surface area contributed by atoms with Crippen LogP contribution < -0.4 is 0 Å². The molecule has 0 bridgehead atoms. The van der Waals surface area contributed by atoms with Crippen LogP contribution in [0.3, 0.4) is 0 Å². The number of hydrogen-bond donors (Lipinski definition) is 0. The highest BCUT2D eigenvalue weighted by molar-refractivity contribution is 6.68. The largest absolute Gasteiger partial charge is 0.339 e. The molecule has 1 aliphatic heterocycles. The van der Waals surface area contributed by atoms with E-state index in [2.05, 4.69) is 12.0 Å². The third-order valence-electron chi connectivity index (χ3n) is 1.80. The fourth-order valence-corrected chi connectivity index (χ4v) is 2.09. The summed E-state index contributed by atoms with van der Waals surface area (Å²) in [4.78, 5) is 1.79. The Bertz CT molecular complexity index is 202. The lowest BCUT2D eigenvalue weighted by atomic mass is 10.4. The first-order chi connectivity index (χ1) is 5.96. The van der Waals surface area contributed by atoms with Gasteiger partial charge in [0, 0.05) is 13.6 Å². The molecule has 0 aromatic rings. The second-order valence-electron chi connectivity index (χ2n) is 2.97. The van der Waals surface area contributed by atoms with Crippen LogP contribution in [0.25, 0.3) is 0 Å². The Hall–Kier alpha value is 0.140. The van der Waals surface area contributed by atoms with E-state index in [0.717, 1.165) is 13.0 Å². The van der Waals surface area contributed by atoms with Crippen molar-refractivity contribution in [2.75, 3.05) is 13.6 Å². The van der Waals surface area contributed by atoms with Gasteiger partial charge in [0.05, 0.1) is 0 Å². The molecule has 1 aliphatic rings. The van der Waals surface area contributed by atoms with E-state index in [-0.39, 0.29) is 6.17 Å². The standard InChI is InChI=1S/C7H12Cl3N3/c1-3-4-13-6(7(8,9)10)12(2)5-11-13/h5-6H,3-4H2,1-2H3. The number of alkyl halides is 3. The maximum Gasteiger partial charge on any atom is 0.230 e. The first-order valence-electron chi connectivity index (χ1n) is 4.06. The van der Waals surface area contributed by atoms with Crippen molar-refractivity contribution in [3.63, 3.8) is 0 Å². The maximum absolute atomic E-state index is 5.83. The predicted octanol–water partition coefficient (Wildman–Crippen LogP) is 2.28. The van der Waals surface area contributed by atoms with Gasteiger partial charge in [-0.05, 0) is 6.42 Å². The van der Waals surface area contributed by atoms with E-state index >= 15 is 0 Å². The van der Waals surface area contributed by atoms with Crippen LogP contribution in [0.15, 0.2) is 5.10 Å². The summed E-state index contributed by atoms with van der Waals surface area (Å²) in [5.41, 5.74) is 0. The van der Waals surface area contributed by atoms with E-state index < -0.39 is 3.79 Å². The summed E-state index contributed by atoms with van der Waals surface area (Å²) < 4.78 is -1.33. The quantitative estimate of drug-likeness (QED) is 0.694. The minimum absolute atomic E-state index is 0.294. The lowest BCUT2D eigenvalue weighted by molar-refractivity contribution is 0.150. The summed E-state index contributed by atoms with van der Waals surface area (Å²) >= 11 is 17.5. The van der Waals surface area contributed by atoms with Crippen LogP contribution in [0.5, 0.6) is 0 Å². The number of halogens is 3. The van der Waals surface area contributed by atoms with E-state index in [1.54, 1.807) is 16.2 Å². The second-order valence-corrected chi connectivity index (χ2v) is 5.34. The predicted molar refractivity (Wildman–Crippen MR) is 57.3 cm³/mol. The van der Waals surface area contributed by atoms with Crippen molar-refractivity contribution in [1.82, 2.24) is 9.91 Å². The molecule has 0 aromatic carbocycles. The fourth-order valence-electron chi connectivity index (χ4n) is 1.29. The average Bonchev–Trinajstić information content (AvgIpc) is 2.31. The highest BCUT2D eigenvalue weighted by Crippen LogP contribution is 2.36. The topological polar surface area (TPSA) is 18.8 Å². The molecule has 0 amide bonds. The Morgan fingerprint density at radius 3 is 2.54 bits per heavy atom. The van der Waals surface area contributed by atoms with Gasteiger partial charge in [-0.25, -0.2) is 0 Å². The van der Waals surface area contributed by atoms with Gasteiger partial charge in [0.2, 0.25) is 3.79 Å². The molecule has 6 heteroatoms. The molecule has 0 radical (unpaired) electrons. The summed E-state index contributed by atoms with van der Waals surface area (Å²) in [6.45, 7) is 2.85. The van der Waals surface area contributed by atoms with Gasteiger partial charge in [0.1, 0.15) is 6.34 Å². The van der Waals surface area contributed by atoms with Crippen LogP contribution in [-0.2, 0) is 0 Å². The van der Waals surface area contributed by atoms with Crippen LogP contribution in [-0.4, -0.2) is 39.8 Å². The smallest absolute Gasteiger partial charge is 0.230 e. The Balaban J connectivity index is 2.70. The van der Waals surface area contributed by atoms with Gasteiger partial charge in [0.15, 0.2) is 6.17 Å². The Morgan fingerprint density at radius 2 is 2.08 bits per heavy atom. The molecule has 1 rings (SSSR count). The molecule has 3 nitrogen and oxygen atoms in total. The van der Waals surface area contributed by atoms with Crippen molar-refractivity contribution in [3.05, 3.63) is 0 Å². The van der Waals surface area contributed by atoms with E-state index in [4.69, 9.17) is 34.8 Å². The minimum Gasteiger partial charge on any atom is -0.339 e. The zero-order chi connectivity index (χ0) is 10.1. The first kappa shape index (κ1) is 11.2. The monoisotopic (exact) mass is 243 g/mol. The third-order valence-corrected chi connectivity index (χ3v) is 2.38. The number of hydrazone groups is 1. The van der Waals surface area contributed by atoms with Crippen molar-refractivity contribution >= 4 is 41.1 Å². The lowest BCUT2D eigenvalue weighted by Crippen LogP contribution is -2.47. The summed E-state index contributed by atoms with van der Waals surface area (Å²) in [7, 11) is 1.84. The van der Waals surface area contributed by atoms with Gasteiger partial charge in [0.25, 0.3) is 0 Å². The van der Waals surface area contributed by atoms with E-state index in [1.807, 2.05) is 7.05 Å². The Kier molecular flexibility index (Phi) is 3.55. The van der Waals surface area contributed by atoms with Crippen LogP contribution in [0.1, 0.15) is 13.3 Å². The van der Waals surface area contributed by atoms with Crippen molar-refractivity contribution < 1.29 is 0 Å². The molecule has 13 heavy (non-hydrogen) atoms. The number of hydrogen-bond acceptors (Lipinski definition) is 3. The highest BCUT2D eigenvalue weighted by atomic mass is 35.6. The molecule has 0 saturated carbocycles. The summed E-state index contributed by atoms with van der Waals surface area (Å²) in [5, 5.41) is 5.92. The van der Waals surface area contributed by atoms with Crippen molar-refractivity contribution in [2.45, 2.75) is 23.3 Å². The molecule has 0 N–H and O–H groups in total. The normalized spacial score (nSPS) is 23.0. The first-order valence-corrected chi connectivity index (χ1v) is 5.19. The highest BCUT2D eigenvalue weighted by Gasteiger charge is 2.41. The van der Waals surface area contributed by atoms with Gasteiger partial charge < -0.3 is 4.90 Å². The summed E-state index contributed by atoms with van der Waals surface area (Å²) in [5.74, 6) is 0. The minimum atomic E-state index is -1.33. The third kappa shape index (κ3) is 2.55. The molecule has 1 unspecified atom stereocenters. The van der Waals surface area contributed by atoms with Gasteiger partial charge in [-0.2, -0.15) is 5.10 Å². The van der Waals surface area contributed by atoms with Gasteiger partial charge >= 0.3 is 0 Å². The number of rotatable bonds is 2. The molecule has 0 fully saturated rings. The molecule has 0 aromatic heterocycles. The van der Waals surface area contributed by atoms with Gasteiger partial charge in [-0.1, -0.05) is 41.7 Å². The van der Waals surface area contributed by atoms with Crippen LogP contribution in [0.4, 0.5) is 0 Å². The molecule has 0 aliphatic carbocycles. The Labute approximate surface area is 93.2 Å². The van der Waals surface area contributed by atoms with Gasteiger partial charge in [-0.15, -0.1) is 0 Å². The molecule has 0 saturated heterocycles. The number of nitrogens with zero attached hydrogens (tertiary/aromatic N) is 3. The zero-order valence-electron chi connectivity index (χ0n) is 7.54. The molecular weight excluding hydrogens is 232 g/mol. The van der Waals surface area contributed by atoms with Crippen molar-refractivity contribution in [2.24, 2.45) is 5.10 Å².